The maximum absolute atomic E-state index is 11.2. The molecule has 18 heavy (non-hydrogen) atoms. The molecule has 94 valence electrons. The topological polar surface area (TPSA) is 82.2 Å². The van der Waals surface area contributed by atoms with Gasteiger partial charge in [-0.25, -0.2) is 9.48 Å². The Morgan fingerprint density at radius 1 is 1.56 bits per heavy atom. The molecule has 3 rings (SSSR count). The molecule has 0 amide bonds. The maximum Gasteiger partial charge on any atom is 0.356 e. The molecule has 0 aliphatic carbocycles. The molecule has 3 heterocycles. The standard InChI is InChI=1S/C11H12N4O3/c1-14-5-7(4-12-14)15-9-2-3-18-6-8(9)10(13-15)11(16)17/h4-5H,2-3,6H2,1H3,(H,16,17). The van der Waals surface area contributed by atoms with Crippen molar-refractivity contribution in [2.75, 3.05) is 6.61 Å². The first-order valence-corrected chi connectivity index (χ1v) is 5.57. The molecular weight excluding hydrogens is 236 g/mol. The molecule has 1 N–H and O–H groups in total. The molecule has 0 radical (unpaired) electrons. The minimum Gasteiger partial charge on any atom is -0.476 e. The molecule has 0 unspecified atom stereocenters. The molecule has 0 fully saturated rings. The van der Waals surface area contributed by atoms with Gasteiger partial charge < -0.3 is 9.84 Å². The summed E-state index contributed by atoms with van der Waals surface area (Å²) >= 11 is 0. The van der Waals surface area contributed by atoms with Gasteiger partial charge in [-0.05, 0) is 0 Å². The second-order valence-electron chi connectivity index (χ2n) is 4.17. The summed E-state index contributed by atoms with van der Waals surface area (Å²) in [6.07, 6.45) is 4.12. The summed E-state index contributed by atoms with van der Waals surface area (Å²) in [5.41, 5.74) is 2.39. The van der Waals surface area contributed by atoms with Crippen LogP contribution < -0.4 is 0 Å². The van der Waals surface area contributed by atoms with Gasteiger partial charge >= 0.3 is 5.97 Å². The van der Waals surface area contributed by atoms with Crippen molar-refractivity contribution < 1.29 is 14.6 Å². The number of carboxylic acid groups (broad SMARTS) is 1. The number of hydrogen-bond acceptors (Lipinski definition) is 4. The Balaban J connectivity index is 2.18. The van der Waals surface area contributed by atoms with E-state index in [1.54, 1.807) is 28.8 Å². The molecule has 0 spiro atoms. The SMILES string of the molecule is Cn1cc(-n2nc(C(=O)O)c3c2CCOC3)cn1. The van der Waals surface area contributed by atoms with Crippen molar-refractivity contribution >= 4 is 5.97 Å². The van der Waals surface area contributed by atoms with E-state index in [-0.39, 0.29) is 5.69 Å². The molecule has 0 aromatic carbocycles. The van der Waals surface area contributed by atoms with Crippen LogP contribution in [0.3, 0.4) is 0 Å². The van der Waals surface area contributed by atoms with Crippen molar-refractivity contribution in [3.63, 3.8) is 0 Å². The Kier molecular flexibility index (Phi) is 2.41. The van der Waals surface area contributed by atoms with Gasteiger partial charge in [-0.3, -0.25) is 4.68 Å². The highest BCUT2D eigenvalue weighted by atomic mass is 16.5. The van der Waals surface area contributed by atoms with E-state index in [1.807, 2.05) is 0 Å². The fourth-order valence-corrected chi connectivity index (χ4v) is 2.14. The lowest BCUT2D eigenvalue weighted by molar-refractivity contribution is 0.0677. The summed E-state index contributed by atoms with van der Waals surface area (Å²) in [6.45, 7) is 0.884. The van der Waals surface area contributed by atoms with Crippen LogP contribution in [0.25, 0.3) is 5.69 Å². The summed E-state index contributed by atoms with van der Waals surface area (Å²) in [4.78, 5) is 11.2. The van der Waals surface area contributed by atoms with Gasteiger partial charge in [0.05, 0.1) is 31.3 Å². The van der Waals surface area contributed by atoms with Crippen molar-refractivity contribution in [2.24, 2.45) is 7.05 Å². The molecule has 2 aromatic heterocycles. The van der Waals surface area contributed by atoms with Crippen LogP contribution in [0.4, 0.5) is 0 Å². The predicted octanol–water partition coefficient (Wildman–Crippen LogP) is 0.377. The van der Waals surface area contributed by atoms with E-state index in [1.165, 1.54) is 0 Å². The van der Waals surface area contributed by atoms with Crippen molar-refractivity contribution in [1.82, 2.24) is 19.6 Å². The normalized spacial score (nSPS) is 14.5. The smallest absolute Gasteiger partial charge is 0.356 e. The van der Waals surface area contributed by atoms with Crippen molar-refractivity contribution in [3.05, 3.63) is 29.3 Å². The zero-order valence-electron chi connectivity index (χ0n) is 9.83. The molecule has 2 aromatic rings. The van der Waals surface area contributed by atoms with E-state index in [2.05, 4.69) is 10.2 Å². The van der Waals surface area contributed by atoms with Crippen LogP contribution in [0.15, 0.2) is 12.4 Å². The van der Waals surface area contributed by atoms with Crippen LogP contribution in [0, 0.1) is 0 Å². The molecule has 0 bridgehead atoms. The van der Waals surface area contributed by atoms with Crippen LogP contribution >= 0.6 is 0 Å². The first kappa shape index (κ1) is 11.0. The molecule has 1 aliphatic rings. The number of ether oxygens (including phenoxy) is 1. The van der Waals surface area contributed by atoms with Crippen molar-refractivity contribution in [3.8, 4) is 5.69 Å². The highest BCUT2D eigenvalue weighted by molar-refractivity contribution is 5.87. The molecule has 7 heteroatoms. The van der Waals surface area contributed by atoms with Crippen LogP contribution in [0.2, 0.25) is 0 Å². The van der Waals surface area contributed by atoms with E-state index < -0.39 is 5.97 Å². The number of aromatic carboxylic acids is 1. The molecule has 0 saturated carbocycles. The first-order valence-electron chi connectivity index (χ1n) is 5.57. The van der Waals surface area contributed by atoms with Crippen LogP contribution in [0.1, 0.15) is 21.7 Å². The minimum atomic E-state index is -1.03. The third kappa shape index (κ3) is 1.60. The minimum absolute atomic E-state index is 0.0635. The molecule has 1 aliphatic heterocycles. The zero-order chi connectivity index (χ0) is 12.7. The quantitative estimate of drug-likeness (QED) is 0.830. The lowest BCUT2D eigenvalue weighted by atomic mass is 10.1. The fourth-order valence-electron chi connectivity index (χ4n) is 2.14. The van der Waals surface area contributed by atoms with Crippen LogP contribution in [0.5, 0.6) is 0 Å². The summed E-state index contributed by atoms with van der Waals surface area (Å²) in [7, 11) is 1.81. The third-order valence-electron chi connectivity index (χ3n) is 2.96. The zero-order valence-corrected chi connectivity index (χ0v) is 9.83. The summed E-state index contributed by atoms with van der Waals surface area (Å²) in [5, 5.41) is 17.4. The van der Waals surface area contributed by atoms with E-state index in [4.69, 9.17) is 9.84 Å². The van der Waals surface area contributed by atoms with Crippen molar-refractivity contribution in [1.29, 1.82) is 0 Å². The molecule has 0 saturated heterocycles. The second-order valence-corrected chi connectivity index (χ2v) is 4.17. The number of carboxylic acids is 1. The van der Waals surface area contributed by atoms with Gasteiger partial charge in [0, 0.05) is 19.0 Å². The van der Waals surface area contributed by atoms with E-state index in [9.17, 15) is 4.79 Å². The average Bonchev–Trinajstić information content (AvgIpc) is 2.92. The van der Waals surface area contributed by atoms with Gasteiger partial charge in [-0.1, -0.05) is 0 Å². The fraction of sp³-hybridized carbons (Fsp3) is 0.364. The lowest BCUT2D eigenvalue weighted by Crippen LogP contribution is -2.13. The number of hydrogen-bond donors (Lipinski definition) is 1. The summed E-state index contributed by atoms with van der Waals surface area (Å²) in [6, 6.07) is 0. The number of fused-ring (bicyclic) bond motifs is 1. The van der Waals surface area contributed by atoms with E-state index in [0.29, 0.717) is 25.2 Å². The Labute approximate surface area is 103 Å². The monoisotopic (exact) mass is 248 g/mol. The van der Waals surface area contributed by atoms with Gasteiger partial charge in [-0.2, -0.15) is 10.2 Å². The highest BCUT2D eigenvalue weighted by Gasteiger charge is 2.26. The Bertz CT molecular complexity index is 614. The molecule has 0 atom stereocenters. The van der Waals surface area contributed by atoms with E-state index >= 15 is 0 Å². The second kappa shape index (κ2) is 3.95. The van der Waals surface area contributed by atoms with Gasteiger partial charge in [0.2, 0.25) is 0 Å². The summed E-state index contributed by atoms with van der Waals surface area (Å²) in [5.74, 6) is -1.03. The maximum atomic E-state index is 11.2. The average molecular weight is 248 g/mol. The Morgan fingerprint density at radius 2 is 2.39 bits per heavy atom. The largest absolute Gasteiger partial charge is 0.476 e. The van der Waals surface area contributed by atoms with Gasteiger partial charge in [-0.15, -0.1) is 0 Å². The number of aryl methyl sites for hydroxylation is 1. The summed E-state index contributed by atoms with van der Waals surface area (Å²) < 4.78 is 8.61. The van der Waals surface area contributed by atoms with Gasteiger partial charge in [0.25, 0.3) is 0 Å². The lowest BCUT2D eigenvalue weighted by Gasteiger charge is -2.13. The van der Waals surface area contributed by atoms with Gasteiger partial charge in [0.1, 0.15) is 5.69 Å². The number of aromatic nitrogens is 4. The predicted molar refractivity (Wildman–Crippen MR) is 60.6 cm³/mol. The number of carbonyl (C=O) groups is 1. The van der Waals surface area contributed by atoms with Crippen LogP contribution in [-0.2, 0) is 24.8 Å². The molecule has 7 nitrogen and oxygen atoms in total. The Hall–Kier alpha value is -2.15. The molecular formula is C11H12N4O3. The highest BCUT2D eigenvalue weighted by Crippen LogP contribution is 2.23. The number of nitrogens with zero attached hydrogens (tertiary/aromatic N) is 4. The third-order valence-corrected chi connectivity index (χ3v) is 2.96. The number of rotatable bonds is 2. The first-order chi connectivity index (χ1) is 8.66. The van der Waals surface area contributed by atoms with Crippen LogP contribution in [-0.4, -0.2) is 37.2 Å². The van der Waals surface area contributed by atoms with E-state index in [0.717, 1.165) is 11.4 Å². The van der Waals surface area contributed by atoms with Crippen molar-refractivity contribution in [2.45, 2.75) is 13.0 Å². The van der Waals surface area contributed by atoms with Gasteiger partial charge in [0.15, 0.2) is 5.69 Å². The Morgan fingerprint density at radius 3 is 3.06 bits per heavy atom.